The molecule has 0 saturated heterocycles. The number of aryl methyl sites for hydroxylation is 1. The summed E-state index contributed by atoms with van der Waals surface area (Å²) in [5.41, 5.74) is 2.18. The second kappa shape index (κ2) is 10.5. The lowest BCUT2D eigenvalue weighted by molar-refractivity contribution is -0.140. The summed E-state index contributed by atoms with van der Waals surface area (Å²) in [5, 5.41) is 15.3. The number of benzene rings is 3. The molecule has 0 aromatic heterocycles. The minimum atomic E-state index is -1.37. The van der Waals surface area contributed by atoms with Gasteiger partial charge in [-0.25, -0.2) is 9.59 Å². The molecule has 3 rings (SSSR count). The number of hydrogen-bond acceptors (Lipinski definition) is 3. The van der Waals surface area contributed by atoms with Crippen LogP contribution in [0.2, 0.25) is 5.02 Å². The minimum Gasteiger partial charge on any atom is -0.479 e. The molecule has 1 atom stereocenters. The van der Waals surface area contributed by atoms with E-state index < -0.39 is 30.5 Å². The Morgan fingerprint density at radius 3 is 2.31 bits per heavy atom. The second-order valence-electron chi connectivity index (χ2n) is 7.04. The van der Waals surface area contributed by atoms with Gasteiger partial charge in [-0.3, -0.25) is 9.69 Å². The lowest BCUT2D eigenvalue weighted by atomic mass is 10.0. The molecule has 0 unspecified atom stereocenters. The quantitative estimate of drug-likeness (QED) is 0.487. The molecule has 3 N–H and O–H groups in total. The number of halogens is 1. The van der Waals surface area contributed by atoms with Crippen molar-refractivity contribution in [3.63, 3.8) is 0 Å². The van der Waals surface area contributed by atoms with E-state index in [2.05, 4.69) is 10.6 Å². The van der Waals surface area contributed by atoms with Crippen LogP contribution >= 0.6 is 11.6 Å². The first-order valence-corrected chi connectivity index (χ1v) is 10.2. The van der Waals surface area contributed by atoms with E-state index in [0.29, 0.717) is 11.4 Å². The highest BCUT2D eigenvalue weighted by Crippen LogP contribution is 2.32. The summed E-state index contributed by atoms with van der Waals surface area (Å²) < 4.78 is 0. The summed E-state index contributed by atoms with van der Waals surface area (Å²) in [7, 11) is 0. The predicted molar refractivity (Wildman–Crippen MR) is 124 cm³/mol. The number of urea groups is 1. The number of carbonyl (C=O) groups excluding carboxylic acids is 2. The topological polar surface area (TPSA) is 98.7 Å². The molecule has 3 amide bonds. The SMILES string of the molecule is Cc1cccc(NC(=O)NCC(=O)N(c2ccccc2)[C@H](C(=O)O)c2ccccc2Cl)c1. The molecule has 0 saturated carbocycles. The van der Waals surface area contributed by atoms with Crippen molar-refractivity contribution in [3.05, 3.63) is 95.0 Å². The molecule has 0 aliphatic heterocycles. The number of para-hydroxylation sites is 1. The molecule has 3 aromatic carbocycles. The number of nitrogens with zero attached hydrogens (tertiary/aromatic N) is 1. The van der Waals surface area contributed by atoms with Crippen molar-refractivity contribution in [3.8, 4) is 0 Å². The summed E-state index contributed by atoms with van der Waals surface area (Å²) >= 11 is 6.25. The molecular formula is C24H22ClN3O4. The van der Waals surface area contributed by atoms with Crippen LogP contribution in [-0.4, -0.2) is 29.6 Å². The van der Waals surface area contributed by atoms with E-state index in [9.17, 15) is 19.5 Å². The van der Waals surface area contributed by atoms with Gasteiger partial charge in [0.2, 0.25) is 5.91 Å². The van der Waals surface area contributed by atoms with Gasteiger partial charge in [0.25, 0.3) is 0 Å². The molecule has 32 heavy (non-hydrogen) atoms. The molecule has 3 aromatic rings. The fourth-order valence-corrected chi connectivity index (χ4v) is 3.48. The molecule has 0 heterocycles. The summed E-state index contributed by atoms with van der Waals surface area (Å²) in [6.07, 6.45) is 0. The van der Waals surface area contributed by atoms with Crippen LogP contribution in [0.5, 0.6) is 0 Å². The van der Waals surface area contributed by atoms with E-state index in [0.717, 1.165) is 10.5 Å². The van der Waals surface area contributed by atoms with Gasteiger partial charge >= 0.3 is 12.0 Å². The van der Waals surface area contributed by atoms with Crippen LogP contribution in [0.15, 0.2) is 78.9 Å². The van der Waals surface area contributed by atoms with Crippen LogP contribution in [0.4, 0.5) is 16.2 Å². The number of aliphatic carboxylic acids is 1. The van der Waals surface area contributed by atoms with E-state index >= 15 is 0 Å². The molecule has 8 heteroatoms. The van der Waals surface area contributed by atoms with Crippen molar-refractivity contribution in [2.45, 2.75) is 13.0 Å². The Labute approximate surface area is 190 Å². The zero-order valence-electron chi connectivity index (χ0n) is 17.3. The first kappa shape index (κ1) is 22.8. The maximum absolute atomic E-state index is 13.2. The van der Waals surface area contributed by atoms with E-state index in [-0.39, 0.29) is 10.6 Å². The summed E-state index contributed by atoms with van der Waals surface area (Å²) in [5.74, 6) is -1.86. The molecule has 7 nitrogen and oxygen atoms in total. The second-order valence-corrected chi connectivity index (χ2v) is 7.45. The smallest absolute Gasteiger partial charge is 0.331 e. The van der Waals surface area contributed by atoms with Gasteiger partial charge in [-0.2, -0.15) is 0 Å². The van der Waals surface area contributed by atoms with Crippen molar-refractivity contribution in [1.29, 1.82) is 0 Å². The number of carbonyl (C=O) groups is 3. The molecule has 0 bridgehead atoms. The monoisotopic (exact) mass is 451 g/mol. The van der Waals surface area contributed by atoms with Gasteiger partial charge in [0, 0.05) is 22.0 Å². The third kappa shape index (κ3) is 5.65. The van der Waals surface area contributed by atoms with Gasteiger partial charge in [-0.05, 0) is 42.8 Å². The van der Waals surface area contributed by atoms with E-state index in [1.54, 1.807) is 72.8 Å². The Hall–Kier alpha value is -3.84. The van der Waals surface area contributed by atoms with Gasteiger partial charge in [0.1, 0.15) is 0 Å². The minimum absolute atomic E-state index is 0.221. The highest BCUT2D eigenvalue weighted by Gasteiger charge is 2.33. The number of rotatable bonds is 7. The molecule has 0 aliphatic rings. The molecule has 0 fully saturated rings. The normalized spacial score (nSPS) is 11.3. The van der Waals surface area contributed by atoms with Gasteiger partial charge in [-0.1, -0.05) is 60.1 Å². The lowest BCUT2D eigenvalue weighted by Gasteiger charge is -2.30. The third-order valence-corrected chi connectivity index (χ3v) is 5.02. The standard InChI is InChI=1S/C24H22ClN3O4/c1-16-8-7-9-17(14-16)27-24(32)26-15-21(29)28(18-10-3-2-4-11-18)22(23(30)31)19-12-5-6-13-20(19)25/h2-14,22H,15H2,1H3,(H,30,31)(H2,26,27,32)/t22-/m0/s1. The number of nitrogens with one attached hydrogen (secondary N) is 2. The fourth-order valence-electron chi connectivity index (χ4n) is 3.24. The maximum atomic E-state index is 13.2. The molecule has 164 valence electrons. The average molecular weight is 452 g/mol. The van der Waals surface area contributed by atoms with Crippen LogP contribution in [0.3, 0.4) is 0 Å². The number of carboxylic acid groups (broad SMARTS) is 1. The zero-order chi connectivity index (χ0) is 23.1. The van der Waals surface area contributed by atoms with Gasteiger partial charge in [0.05, 0.1) is 6.54 Å². The number of carboxylic acids is 1. The van der Waals surface area contributed by atoms with Gasteiger partial charge < -0.3 is 15.7 Å². The van der Waals surface area contributed by atoms with Crippen LogP contribution < -0.4 is 15.5 Å². The summed E-state index contributed by atoms with van der Waals surface area (Å²) in [6.45, 7) is 1.48. The van der Waals surface area contributed by atoms with Crippen molar-refractivity contribution in [2.24, 2.45) is 0 Å². The maximum Gasteiger partial charge on any atom is 0.331 e. The Morgan fingerprint density at radius 1 is 0.969 bits per heavy atom. The largest absolute Gasteiger partial charge is 0.479 e. The highest BCUT2D eigenvalue weighted by atomic mass is 35.5. The molecule has 0 aliphatic carbocycles. The molecule has 0 radical (unpaired) electrons. The van der Waals surface area contributed by atoms with Gasteiger partial charge in [-0.15, -0.1) is 0 Å². The van der Waals surface area contributed by atoms with Crippen LogP contribution in [0, 0.1) is 6.92 Å². The first-order valence-electron chi connectivity index (χ1n) is 9.82. The van der Waals surface area contributed by atoms with Crippen molar-refractivity contribution in [1.82, 2.24) is 5.32 Å². The van der Waals surface area contributed by atoms with E-state index in [1.807, 2.05) is 13.0 Å². The number of amides is 3. The third-order valence-electron chi connectivity index (χ3n) is 4.67. The average Bonchev–Trinajstić information content (AvgIpc) is 2.77. The molecule has 0 spiro atoms. The summed E-state index contributed by atoms with van der Waals surface area (Å²) in [4.78, 5) is 38.8. The summed E-state index contributed by atoms with van der Waals surface area (Å²) in [6, 6.07) is 20.1. The van der Waals surface area contributed by atoms with E-state index in [1.165, 1.54) is 0 Å². The van der Waals surface area contributed by atoms with E-state index in [4.69, 9.17) is 11.6 Å². The van der Waals surface area contributed by atoms with Crippen molar-refractivity contribution < 1.29 is 19.5 Å². The van der Waals surface area contributed by atoms with Crippen LogP contribution in [-0.2, 0) is 9.59 Å². The Morgan fingerprint density at radius 2 is 1.66 bits per heavy atom. The van der Waals surface area contributed by atoms with Crippen molar-refractivity contribution >= 4 is 40.9 Å². The highest BCUT2D eigenvalue weighted by molar-refractivity contribution is 6.31. The van der Waals surface area contributed by atoms with Crippen molar-refractivity contribution in [2.75, 3.05) is 16.8 Å². The Bertz CT molecular complexity index is 1120. The van der Waals surface area contributed by atoms with Crippen LogP contribution in [0.1, 0.15) is 17.2 Å². The lowest BCUT2D eigenvalue weighted by Crippen LogP contribution is -2.45. The molecular weight excluding hydrogens is 430 g/mol. The Balaban J connectivity index is 1.84. The fraction of sp³-hybridized carbons (Fsp3) is 0.125. The number of anilines is 2. The van der Waals surface area contributed by atoms with Gasteiger partial charge in [0.15, 0.2) is 6.04 Å². The Kier molecular flexibility index (Phi) is 7.46. The predicted octanol–water partition coefficient (Wildman–Crippen LogP) is 4.63. The van der Waals surface area contributed by atoms with Crippen LogP contribution in [0.25, 0.3) is 0 Å². The first-order chi connectivity index (χ1) is 15.4. The number of hydrogen-bond donors (Lipinski definition) is 3. The zero-order valence-corrected chi connectivity index (χ0v) is 18.0.